The van der Waals surface area contributed by atoms with Crippen LogP contribution in [0.2, 0.25) is 0 Å². The third-order valence-electron chi connectivity index (χ3n) is 2.01. The Morgan fingerprint density at radius 1 is 1.36 bits per heavy atom. The normalized spacial score (nSPS) is 10.7. The molecule has 1 aromatic carbocycles. The van der Waals surface area contributed by atoms with Crippen LogP contribution in [-0.4, -0.2) is 0 Å². The van der Waals surface area contributed by atoms with E-state index < -0.39 is 5.63 Å². The van der Waals surface area contributed by atoms with Crippen molar-refractivity contribution in [2.45, 2.75) is 6.54 Å². The van der Waals surface area contributed by atoms with Gasteiger partial charge in [0.25, 0.3) is 0 Å². The Kier molecular flexibility index (Phi) is 2.05. The van der Waals surface area contributed by atoms with E-state index in [-0.39, 0.29) is 12.4 Å². The lowest BCUT2D eigenvalue weighted by Gasteiger charge is -2.01. The summed E-state index contributed by atoms with van der Waals surface area (Å²) in [4.78, 5) is 11.0. The summed E-state index contributed by atoms with van der Waals surface area (Å²) in [5, 5.41) is 0.548. The highest BCUT2D eigenvalue weighted by molar-refractivity contribution is 5.80. The number of fused-ring (bicyclic) bond motifs is 1. The summed E-state index contributed by atoms with van der Waals surface area (Å²) in [6.07, 6.45) is 0. The second-order valence-corrected chi connectivity index (χ2v) is 2.94. The largest absolute Gasteiger partial charge is 0.423 e. The summed E-state index contributed by atoms with van der Waals surface area (Å²) >= 11 is 0. The van der Waals surface area contributed by atoms with E-state index in [0.29, 0.717) is 16.5 Å². The lowest BCUT2D eigenvalue weighted by molar-refractivity contribution is 0.556. The van der Waals surface area contributed by atoms with Crippen molar-refractivity contribution in [2.24, 2.45) is 5.73 Å². The number of hydrogen-bond acceptors (Lipinski definition) is 3. The van der Waals surface area contributed by atoms with Gasteiger partial charge in [-0.1, -0.05) is 0 Å². The van der Waals surface area contributed by atoms with Gasteiger partial charge in [0.1, 0.15) is 11.4 Å². The van der Waals surface area contributed by atoms with E-state index in [2.05, 4.69) is 0 Å². The van der Waals surface area contributed by atoms with Crippen LogP contribution in [0.15, 0.2) is 33.5 Å². The molecule has 0 saturated carbocycles. The molecular weight excluding hydrogens is 185 g/mol. The molecule has 2 N–H and O–H groups in total. The number of hydrogen-bond donors (Lipinski definition) is 1. The highest BCUT2D eigenvalue weighted by Gasteiger charge is 2.04. The zero-order chi connectivity index (χ0) is 10.1. The Morgan fingerprint density at radius 2 is 2.14 bits per heavy atom. The van der Waals surface area contributed by atoms with E-state index in [4.69, 9.17) is 10.2 Å². The van der Waals surface area contributed by atoms with Crippen LogP contribution in [0.25, 0.3) is 11.0 Å². The minimum atomic E-state index is -0.468. The number of nitrogens with two attached hydrogens (primary N) is 1. The standard InChI is InChI=1S/C10H8FNO2/c11-7-1-2-9-8(4-7)6(5-12)3-10(13)14-9/h1-4H,5,12H2. The van der Waals surface area contributed by atoms with Gasteiger partial charge in [-0.3, -0.25) is 0 Å². The minimum Gasteiger partial charge on any atom is -0.423 e. The molecule has 0 atom stereocenters. The summed E-state index contributed by atoms with van der Waals surface area (Å²) in [6.45, 7) is 0.186. The lowest BCUT2D eigenvalue weighted by Crippen LogP contribution is -2.04. The molecule has 0 unspecified atom stereocenters. The van der Waals surface area contributed by atoms with Crippen molar-refractivity contribution in [3.05, 3.63) is 46.1 Å². The van der Waals surface area contributed by atoms with Gasteiger partial charge in [-0.05, 0) is 23.8 Å². The van der Waals surface area contributed by atoms with Crippen molar-refractivity contribution in [3.63, 3.8) is 0 Å². The fraction of sp³-hybridized carbons (Fsp3) is 0.100. The van der Waals surface area contributed by atoms with Crippen molar-refractivity contribution in [1.82, 2.24) is 0 Å². The third-order valence-corrected chi connectivity index (χ3v) is 2.01. The van der Waals surface area contributed by atoms with E-state index in [0.717, 1.165) is 0 Å². The van der Waals surface area contributed by atoms with Crippen LogP contribution in [0, 0.1) is 5.82 Å². The molecule has 0 amide bonds. The average Bonchev–Trinajstić information content (AvgIpc) is 2.17. The first-order valence-electron chi connectivity index (χ1n) is 4.13. The molecule has 2 aromatic rings. The van der Waals surface area contributed by atoms with E-state index in [9.17, 15) is 9.18 Å². The molecule has 0 spiro atoms. The van der Waals surface area contributed by atoms with Crippen LogP contribution < -0.4 is 11.4 Å². The zero-order valence-corrected chi connectivity index (χ0v) is 7.29. The molecule has 2 rings (SSSR count). The predicted octanol–water partition coefficient (Wildman–Crippen LogP) is 1.39. The fourth-order valence-electron chi connectivity index (χ4n) is 1.37. The topological polar surface area (TPSA) is 56.2 Å². The van der Waals surface area contributed by atoms with Gasteiger partial charge in [-0.25, -0.2) is 9.18 Å². The quantitative estimate of drug-likeness (QED) is 0.696. The Morgan fingerprint density at radius 3 is 2.86 bits per heavy atom. The van der Waals surface area contributed by atoms with Crippen LogP contribution in [-0.2, 0) is 6.54 Å². The molecular formula is C10H8FNO2. The summed E-state index contributed by atoms with van der Waals surface area (Å²) in [7, 11) is 0. The summed E-state index contributed by atoms with van der Waals surface area (Å²) < 4.78 is 17.8. The monoisotopic (exact) mass is 193 g/mol. The van der Waals surface area contributed by atoms with Gasteiger partial charge in [0.15, 0.2) is 0 Å². The Hall–Kier alpha value is -1.68. The molecule has 0 aliphatic carbocycles. The van der Waals surface area contributed by atoms with Gasteiger partial charge >= 0.3 is 5.63 Å². The van der Waals surface area contributed by atoms with Crippen molar-refractivity contribution >= 4 is 11.0 Å². The molecule has 4 heteroatoms. The van der Waals surface area contributed by atoms with Gasteiger partial charge in [-0.15, -0.1) is 0 Å². The molecule has 1 heterocycles. The highest BCUT2D eigenvalue weighted by atomic mass is 19.1. The Labute approximate surface area is 78.9 Å². The molecule has 0 aliphatic rings. The van der Waals surface area contributed by atoms with Crippen molar-refractivity contribution in [2.75, 3.05) is 0 Å². The smallest absolute Gasteiger partial charge is 0.336 e. The van der Waals surface area contributed by atoms with Gasteiger partial charge in [0.2, 0.25) is 0 Å². The van der Waals surface area contributed by atoms with Crippen molar-refractivity contribution in [1.29, 1.82) is 0 Å². The van der Waals surface area contributed by atoms with E-state index in [1.165, 1.54) is 24.3 Å². The lowest BCUT2D eigenvalue weighted by atomic mass is 10.1. The second-order valence-electron chi connectivity index (χ2n) is 2.94. The van der Waals surface area contributed by atoms with Gasteiger partial charge < -0.3 is 10.2 Å². The zero-order valence-electron chi connectivity index (χ0n) is 7.29. The Bertz CT molecular complexity index is 533. The van der Waals surface area contributed by atoms with Crippen LogP contribution in [0.5, 0.6) is 0 Å². The summed E-state index contributed by atoms with van der Waals surface area (Å²) in [5.74, 6) is -0.374. The number of halogens is 1. The first-order chi connectivity index (χ1) is 6.70. The summed E-state index contributed by atoms with van der Waals surface area (Å²) in [6, 6.07) is 5.25. The number of rotatable bonds is 1. The van der Waals surface area contributed by atoms with Crippen LogP contribution in [0.3, 0.4) is 0 Å². The maximum Gasteiger partial charge on any atom is 0.336 e. The molecule has 1 aromatic heterocycles. The Balaban J connectivity index is 2.88. The van der Waals surface area contributed by atoms with Crippen molar-refractivity contribution < 1.29 is 8.81 Å². The molecule has 0 radical (unpaired) electrons. The molecule has 72 valence electrons. The molecule has 0 bridgehead atoms. The molecule has 14 heavy (non-hydrogen) atoms. The SMILES string of the molecule is NCc1cc(=O)oc2ccc(F)cc12. The van der Waals surface area contributed by atoms with Gasteiger partial charge in [0, 0.05) is 18.0 Å². The van der Waals surface area contributed by atoms with Crippen LogP contribution >= 0.6 is 0 Å². The van der Waals surface area contributed by atoms with E-state index >= 15 is 0 Å². The molecule has 3 nitrogen and oxygen atoms in total. The first kappa shape index (κ1) is 8.90. The minimum absolute atomic E-state index is 0.186. The predicted molar refractivity (Wildman–Crippen MR) is 50.3 cm³/mol. The van der Waals surface area contributed by atoms with Gasteiger partial charge in [0.05, 0.1) is 0 Å². The fourth-order valence-corrected chi connectivity index (χ4v) is 1.37. The van der Waals surface area contributed by atoms with Gasteiger partial charge in [-0.2, -0.15) is 0 Å². The van der Waals surface area contributed by atoms with Crippen LogP contribution in [0.4, 0.5) is 4.39 Å². The van der Waals surface area contributed by atoms with Crippen molar-refractivity contribution in [3.8, 4) is 0 Å². The highest BCUT2D eigenvalue weighted by Crippen LogP contribution is 2.17. The average molecular weight is 193 g/mol. The third kappa shape index (κ3) is 1.40. The molecule has 0 saturated heterocycles. The second kappa shape index (κ2) is 3.23. The molecule has 0 aliphatic heterocycles. The first-order valence-corrected chi connectivity index (χ1v) is 4.13. The summed E-state index contributed by atoms with van der Waals surface area (Å²) in [5.41, 5.74) is 5.92. The maximum absolute atomic E-state index is 12.9. The van der Waals surface area contributed by atoms with E-state index in [1.54, 1.807) is 0 Å². The maximum atomic E-state index is 12.9. The molecule has 0 fully saturated rings. The van der Waals surface area contributed by atoms with E-state index in [1.807, 2.05) is 0 Å². The number of benzene rings is 1. The van der Waals surface area contributed by atoms with Crippen LogP contribution in [0.1, 0.15) is 5.56 Å².